The van der Waals surface area contributed by atoms with Gasteiger partial charge in [-0.15, -0.1) is 0 Å². The first-order chi connectivity index (χ1) is 16.4. The molecule has 0 spiro atoms. The second kappa shape index (κ2) is 9.31. The van der Waals surface area contributed by atoms with Crippen molar-refractivity contribution in [2.24, 2.45) is 15.9 Å². The number of pyridine rings is 1. The van der Waals surface area contributed by atoms with Gasteiger partial charge in [-0.25, -0.2) is 8.42 Å². The van der Waals surface area contributed by atoms with E-state index >= 15 is 0 Å². The van der Waals surface area contributed by atoms with Crippen LogP contribution in [0.3, 0.4) is 0 Å². The van der Waals surface area contributed by atoms with E-state index in [9.17, 15) is 8.42 Å². The standard InChI is InChI=1S/C25H28BN5O2S/c1-17-5-2-8-20(11-17)34(32,33)31-10-4-7-19(16-31)22-12-23(25-24(30-22)21(26)15-29-25)28-14-18-6-3-9-27-13-18/h2-3,5-6,8-9,11-13,15,19,25,28H,4,7,10,14,16,26H2,1H3. The number of nitrogens with one attached hydrogen (secondary N) is 1. The first-order valence-electron chi connectivity index (χ1n) is 11.7. The monoisotopic (exact) mass is 473 g/mol. The van der Waals surface area contributed by atoms with Crippen LogP contribution in [0.15, 0.2) is 86.6 Å². The van der Waals surface area contributed by atoms with Gasteiger partial charge in [-0.1, -0.05) is 18.2 Å². The summed E-state index contributed by atoms with van der Waals surface area (Å²) < 4.78 is 28.3. The number of allylic oxidation sites excluding steroid dienone is 2. The van der Waals surface area contributed by atoms with Crippen LogP contribution in [0.4, 0.5) is 0 Å². The Labute approximate surface area is 201 Å². The van der Waals surface area contributed by atoms with Gasteiger partial charge in [0.2, 0.25) is 10.0 Å². The van der Waals surface area contributed by atoms with E-state index in [0.717, 1.165) is 46.5 Å². The highest BCUT2D eigenvalue weighted by atomic mass is 32.2. The SMILES string of the molecule is BC1=C2N=C(C3CCCN(S(=O)(=O)c4cccc(C)c4)C3)C=C(NCc3cccnc3)C2N=C1. The molecule has 0 aliphatic carbocycles. The maximum absolute atomic E-state index is 13.3. The number of hydrogen-bond acceptors (Lipinski definition) is 6. The molecule has 34 heavy (non-hydrogen) atoms. The lowest BCUT2D eigenvalue weighted by molar-refractivity contribution is 0.312. The number of nitrogens with zero attached hydrogens (tertiary/aromatic N) is 4. The van der Waals surface area contributed by atoms with Crippen LogP contribution in [0.5, 0.6) is 0 Å². The summed E-state index contributed by atoms with van der Waals surface area (Å²) in [6.45, 7) is 3.52. The van der Waals surface area contributed by atoms with E-state index in [1.807, 2.05) is 45.4 Å². The molecule has 0 amide bonds. The number of aliphatic imine (C=N–C) groups is 2. The fourth-order valence-electron chi connectivity index (χ4n) is 4.72. The Morgan fingerprint density at radius 2 is 2.12 bits per heavy atom. The van der Waals surface area contributed by atoms with Crippen molar-refractivity contribution in [1.29, 1.82) is 0 Å². The van der Waals surface area contributed by atoms with Crippen LogP contribution in [-0.2, 0) is 16.6 Å². The van der Waals surface area contributed by atoms with Gasteiger partial charge in [0, 0.05) is 55.6 Å². The molecule has 0 radical (unpaired) electrons. The van der Waals surface area contributed by atoms with E-state index in [0.29, 0.717) is 24.5 Å². The van der Waals surface area contributed by atoms with E-state index in [1.165, 1.54) is 0 Å². The van der Waals surface area contributed by atoms with Crippen LogP contribution in [-0.4, -0.2) is 56.6 Å². The van der Waals surface area contributed by atoms with Gasteiger partial charge >= 0.3 is 0 Å². The van der Waals surface area contributed by atoms with Crippen LogP contribution in [0.1, 0.15) is 24.0 Å². The highest BCUT2D eigenvalue weighted by Gasteiger charge is 2.35. The van der Waals surface area contributed by atoms with Gasteiger partial charge in [0.1, 0.15) is 13.9 Å². The normalized spacial score (nSPS) is 22.9. The fourth-order valence-corrected chi connectivity index (χ4v) is 6.35. The van der Waals surface area contributed by atoms with Crippen molar-refractivity contribution in [1.82, 2.24) is 14.6 Å². The average Bonchev–Trinajstić information content (AvgIpc) is 3.24. The van der Waals surface area contributed by atoms with E-state index < -0.39 is 10.0 Å². The third kappa shape index (κ3) is 4.50. The van der Waals surface area contributed by atoms with Crippen molar-refractivity contribution in [3.05, 3.63) is 82.9 Å². The van der Waals surface area contributed by atoms with Crippen molar-refractivity contribution in [3.63, 3.8) is 0 Å². The summed E-state index contributed by atoms with van der Waals surface area (Å²) in [4.78, 5) is 14.2. The second-order valence-electron chi connectivity index (χ2n) is 9.12. The van der Waals surface area contributed by atoms with Gasteiger partial charge in [0.25, 0.3) is 0 Å². The number of sulfonamides is 1. The van der Waals surface area contributed by atoms with Gasteiger partial charge < -0.3 is 5.32 Å². The van der Waals surface area contributed by atoms with E-state index in [2.05, 4.69) is 21.4 Å². The van der Waals surface area contributed by atoms with Crippen molar-refractivity contribution < 1.29 is 8.42 Å². The molecule has 7 nitrogen and oxygen atoms in total. The predicted octanol–water partition coefficient (Wildman–Crippen LogP) is 2.22. The minimum Gasteiger partial charge on any atom is -0.382 e. The first kappa shape index (κ1) is 22.7. The van der Waals surface area contributed by atoms with Crippen LogP contribution in [0.25, 0.3) is 0 Å². The molecule has 4 heterocycles. The maximum atomic E-state index is 13.3. The van der Waals surface area contributed by atoms with Gasteiger partial charge in [-0.3, -0.25) is 15.0 Å². The Morgan fingerprint density at radius 1 is 1.24 bits per heavy atom. The molecule has 1 fully saturated rings. The molecule has 1 aromatic carbocycles. The van der Waals surface area contributed by atoms with E-state index in [-0.39, 0.29) is 12.0 Å². The van der Waals surface area contributed by atoms with E-state index in [4.69, 9.17) is 4.99 Å². The lowest BCUT2D eigenvalue weighted by Crippen LogP contribution is -2.43. The molecule has 0 bridgehead atoms. The molecule has 3 aliphatic heterocycles. The largest absolute Gasteiger partial charge is 0.382 e. The molecule has 1 aromatic heterocycles. The molecule has 3 aliphatic rings. The Balaban J connectivity index is 1.40. The van der Waals surface area contributed by atoms with Crippen LogP contribution in [0.2, 0.25) is 0 Å². The summed E-state index contributed by atoms with van der Waals surface area (Å²) in [7, 11) is -1.52. The molecule has 2 unspecified atom stereocenters. The summed E-state index contributed by atoms with van der Waals surface area (Å²) >= 11 is 0. The Bertz CT molecular complexity index is 1320. The van der Waals surface area contributed by atoms with Crippen molar-refractivity contribution >= 4 is 29.8 Å². The third-order valence-corrected chi connectivity index (χ3v) is 8.44. The molecule has 0 saturated carbocycles. The molecular weight excluding hydrogens is 445 g/mol. The zero-order chi connectivity index (χ0) is 23.7. The molecule has 5 rings (SSSR count). The number of piperidine rings is 1. The van der Waals surface area contributed by atoms with Gasteiger partial charge in [-0.2, -0.15) is 4.31 Å². The van der Waals surface area contributed by atoms with Gasteiger partial charge in [-0.05, 0) is 60.6 Å². The maximum Gasteiger partial charge on any atom is 0.243 e. The Hall–Kier alpha value is -3.04. The summed E-state index contributed by atoms with van der Waals surface area (Å²) in [6, 6.07) is 11.0. The van der Waals surface area contributed by atoms with Crippen molar-refractivity contribution in [3.8, 4) is 0 Å². The third-order valence-electron chi connectivity index (χ3n) is 6.58. The minimum atomic E-state index is -3.55. The van der Waals surface area contributed by atoms with Crippen LogP contribution in [0, 0.1) is 12.8 Å². The first-order valence-corrected chi connectivity index (χ1v) is 13.1. The number of aryl methyl sites for hydroxylation is 1. The molecule has 1 saturated heterocycles. The lowest BCUT2D eigenvalue weighted by atomic mass is 9.88. The smallest absolute Gasteiger partial charge is 0.243 e. The summed E-state index contributed by atoms with van der Waals surface area (Å²) in [5, 5.41) is 3.53. The van der Waals surface area contributed by atoms with Crippen molar-refractivity contribution in [2.75, 3.05) is 13.1 Å². The molecule has 1 N–H and O–H groups in total. The Morgan fingerprint density at radius 3 is 2.91 bits per heavy atom. The molecular formula is C25H28BN5O2S. The second-order valence-corrected chi connectivity index (χ2v) is 11.1. The number of benzene rings is 1. The summed E-state index contributed by atoms with van der Waals surface area (Å²) in [6.07, 6.45) is 9.27. The molecule has 2 aromatic rings. The minimum absolute atomic E-state index is 0.0328. The average molecular weight is 473 g/mol. The number of dihydropyridines is 1. The predicted molar refractivity (Wildman–Crippen MR) is 137 cm³/mol. The van der Waals surface area contributed by atoms with Crippen LogP contribution < -0.4 is 5.32 Å². The zero-order valence-corrected chi connectivity index (χ0v) is 20.3. The quantitative estimate of drug-likeness (QED) is 0.652. The molecule has 174 valence electrons. The lowest BCUT2D eigenvalue weighted by Gasteiger charge is -2.34. The fraction of sp³-hybridized carbons (Fsp3) is 0.320. The van der Waals surface area contributed by atoms with Crippen molar-refractivity contribution in [2.45, 2.75) is 37.2 Å². The molecule has 2 atom stereocenters. The Kier molecular flexibility index (Phi) is 6.23. The number of hydrogen-bond donors (Lipinski definition) is 1. The zero-order valence-electron chi connectivity index (χ0n) is 19.5. The van der Waals surface area contributed by atoms with Crippen LogP contribution >= 0.6 is 0 Å². The number of aromatic nitrogens is 1. The topological polar surface area (TPSA) is 87.0 Å². The van der Waals surface area contributed by atoms with Gasteiger partial charge in [0.15, 0.2) is 0 Å². The number of fused-ring (bicyclic) bond motifs is 1. The number of rotatable bonds is 6. The summed E-state index contributed by atoms with van der Waals surface area (Å²) in [5.74, 6) is 0.0328. The van der Waals surface area contributed by atoms with Gasteiger partial charge in [0.05, 0.1) is 10.6 Å². The molecule has 9 heteroatoms. The highest BCUT2D eigenvalue weighted by Crippen LogP contribution is 2.32. The van der Waals surface area contributed by atoms with E-state index in [1.54, 1.807) is 28.7 Å². The summed E-state index contributed by atoms with van der Waals surface area (Å²) in [5.41, 5.74) is 5.95. The highest BCUT2D eigenvalue weighted by molar-refractivity contribution is 7.89.